The topological polar surface area (TPSA) is 72.7 Å². The smallest absolute Gasteiger partial charge is 0.224 e. The lowest BCUT2D eigenvalue weighted by Crippen LogP contribution is -2.24. The molecule has 7 heteroatoms. The van der Waals surface area contributed by atoms with Gasteiger partial charge in [0.05, 0.1) is 24.8 Å². The number of amides is 1. The minimum atomic E-state index is -0.0620. The Hall–Kier alpha value is -2.54. The van der Waals surface area contributed by atoms with Gasteiger partial charge in [0.2, 0.25) is 5.91 Å². The standard InChI is InChI=1S/C14H13N5OS/c20-14(6-11-2-1-4-15-7-11)16-8-12-9-19(18-17-12)13-3-5-21-10-13/h1-5,7,9-10H,6,8H2,(H,16,20). The molecule has 21 heavy (non-hydrogen) atoms. The van der Waals surface area contributed by atoms with Crippen molar-refractivity contribution in [2.45, 2.75) is 13.0 Å². The summed E-state index contributed by atoms with van der Waals surface area (Å²) in [5.41, 5.74) is 2.58. The number of rotatable bonds is 5. The second-order valence-corrected chi connectivity index (χ2v) is 5.23. The van der Waals surface area contributed by atoms with E-state index in [1.54, 1.807) is 28.4 Å². The molecule has 0 saturated heterocycles. The van der Waals surface area contributed by atoms with Gasteiger partial charge in [-0.15, -0.1) is 5.10 Å². The Kier molecular flexibility index (Phi) is 4.02. The minimum absolute atomic E-state index is 0.0620. The molecule has 0 fully saturated rings. The van der Waals surface area contributed by atoms with Crippen LogP contribution >= 0.6 is 11.3 Å². The number of aromatic nitrogens is 4. The molecule has 0 aliphatic rings. The maximum atomic E-state index is 11.8. The van der Waals surface area contributed by atoms with Crippen molar-refractivity contribution in [1.29, 1.82) is 0 Å². The molecule has 0 radical (unpaired) electrons. The molecule has 1 N–H and O–H groups in total. The second kappa shape index (κ2) is 6.27. The van der Waals surface area contributed by atoms with Crippen LogP contribution in [-0.4, -0.2) is 25.9 Å². The number of carbonyl (C=O) groups is 1. The summed E-state index contributed by atoms with van der Waals surface area (Å²) < 4.78 is 1.69. The van der Waals surface area contributed by atoms with Crippen molar-refractivity contribution in [1.82, 2.24) is 25.3 Å². The van der Waals surface area contributed by atoms with Crippen molar-refractivity contribution >= 4 is 17.2 Å². The molecule has 106 valence electrons. The van der Waals surface area contributed by atoms with E-state index in [0.29, 0.717) is 13.0 Å². The van der Waals surface area contributed by atoms with Gasteiger partial charge in [-0.1, -0.05) is 11.3 Å². The average molecular weight is 299 g/mol. The highest BCUT2D eigenvalue weighted by Gasteiger charge is 2.06. The highest BCUT2D eigenvalue weighted by Crippen LogP contribution is 2.10. The lowest BCUT2D eigenvalue weighted by atomic mass is 10.2. The summed E-state index contributed by atoms with van der Waals surface area (Å²) in [7, 11) is 0. The first-order chi connectivity index (χ1) is 10.3. The number of nitrogens with one attached hydrogen (secondary N) is 1. The van der Waals surface area contributed by atoms with Gasteiger partial charge in [0.15, 0.2) is 0 Å². The van der Waals surface area contributed by atoms with Gasteiger partial charge in [-0.05, 0) is 23.1 Å². The van der Waals surface area contributed by atoms with Crippen LogP contribution in [0.2, 0.25) is 0 Å². The van der Waals surface area contributed by atoms with Gasteiger partial charge in [0.1, 0.15) is 5.69 Å². The van der Waals surface area contributed by atoms with Crippen molar-refractivity contribution in [2.24, 2.45) is 0 Å². The lowest BCUT2D eigenvalue weighted by Gasteiger charge is -2.02. The molecule has 3 rings (SSSR count). The molecule has 3 aromatic rings. The second-order valence-electron chi connectivity index (χ2n) is 4.45. The summed E-state index contributed by atoms with van der Waals surface area (Å²) in [6, 6.07) is 5.65. The highest BCUT2D eigenvalue weighted by molar-refractivity contribution is 7.08. The summed E-state index contributed by atoms with van der Waals surface area (Å²) in [5, 5.41) is 14.9. The van der Waals surface area contributed by atoms with Gasteiger partial charge in [-0.3, -0.25) is 9.78 Å². The van der Waals surface area contributed by atoms with E-state index in [-0.39, 0.29) is 5.91 Å². The Morgan fingerprint density at radius 3 is 3.10 bits per heavy atom. The molecule has 0 unspecified atom stereocenters. The number of pyridine rings is 1. The maximum Gasteiger partial charge on any atom is 0.224 e. The molecule has 3 aromatic heterocycles. The van der Waals surface area contributed by atoms with Crippen LogP contribution in [0.1, 0.15) is 11.3 Å². The van der Waals surface area contributed by atoms with E-state index in [4.69, 9.17) is 0 Å². The van der Waals surface area contributed by atoms with Crippen LogP contribution in [0.3, 0.4) is 0 Å². The Morgan fingerprint density at radius 1 is 1.38 bits per heavy atom. The Bertz CT molecular complexity index is 708. The van der Waals surface area contributed by atoms with E-state index in [1.807, 2.05) is 35.2 Å². The zero-order valence-corrected chi connectivity index (χ0v) is 12.0. The number of hydrogen-bond donors (Lipinski definition) is 1. The predicted octanol–water partition coefficient (Wildman–Crippen LogP) is 1.58. The minimum Gasteiger partial charge on any atom is -0.350 e. The predicted molar refractivity (Wildman–Crippen MR) is 79.0 cm³/mol. The van der Waals surface area contributed by atoms with Crippen molar-refractivity contribution in [3.05, 3.63) is 58.8 Å². The Morgan fingerprint density at radius 2 is 2.33 bits per heavy atom. The number of nitrogens with zero attached hydrogens (tertiary/aromatic N) is 4. The van der Waals surface area contributed by atoms with E-state index >= 15 is 0 Å². The molecule has 0 saturated carbocycles. The third-order valence-electron chi connectivity index (χ3n) is 2.87. The van der Waals surface area contributed by atoms with Gasteiger partial charge in [-0.2, -0.15) is 11.3 Å². The summed E-state index contributed by atoms with van der Waals surface area (Å²) in [5.74, 6) is -0.0620. The van der Waals surface area contributed by atoms with Crippen molar-refractivity contribution < 1.29 is 4.79 Å². The molecule has 0 aliphatic carbocycles. The van der Waals surface area contributed by atoms with Gasteiger partial charge in [-0.25, -0.2) is 4.68 Å². The SMILES string of the molecule is O=C(Cc1cccnc1)NCc1cn(-c2ccsc2)nn1. The molecular formula is C14H13N5OS. The molecule has 0 bridgehead atoms. The fraction of sp³-hybridized carbons (Fsp3) is 0.143. The fourth-order valence-electron chi connectivity index (χ4n) is 1.83. The van der Waals surface area contributed by atoms with Crippen LogP contribution in [0.4, 0.5) is 0 Å². The van der Waals surface area contributed by atoms with E-state index in [1.165, 1.54) is 0 Å². The first kappa shape index (κ1) is 13.4. The van der Waals surface area contributed by atoms with E-state index < -0.39 is 0 Å². The van der Waals surface area contributed by atoms with Crippen molar-refractivity contribution in [3.8, 4) is 5.69 Å². The Labute approximate surface area is 125 Å². The lowest BCUT2D eigenvalue weighted by molar-refractivity contribution is -0.120. The quantitative estimate of drug-likeness (QED) is 0.776. The van der Waals surface area contributed by atoms with Gasteiger partial charge >= 0.3 is 0 Å². The Balaban J connectivity index is 1.54. The van der Waals surface area contributed by atoms with Gasteiger partial charge in [0, 0.05) is 17.8 Å². The third-order valence-corrected chi connectivity index (χ3v) is 3.54. The molecule has 0 spiro atoms. The summed E-state index contributed by atoms with van der Waals surface area (Å²) in [4.78, 5) is 15.8. The molecule has 0 aromatic carbocycles. The monoisotopic (exact) mass is 299 g/mol. The third kappa shape index (κ3) is 3.51. The fourth-order valence-corrected chi connectivity index (χ4v) is 2.46. The van der Waals surface area contributed by atoms with Crippen LogP contribution < -0.4 is 5.32 Å². The molecule has 0 atom stereocenters. The summed E-state index contributed by atoms with van der Waals surface area (Å²) in [6.07, 6.45) is 5.50. The van der Waals surface area contributed by atoms with Crippen LogP contribution in [0.5, 0.6) is 0 Å². The first-order valence-corrected chi connectivity index (χ1v) is 7.35. The summed E-state index contributed by atoms with van der Waals surface area (Å²) in [6.45, 7) is 0.364. The van der Waals surface area contributed by atoms with E-state index in [9.17, 15) is 4.79 Å². The first-order valence-electron chi connectivity index (χ1n) is 6.40. The van der Waals surface area contributed by atoms with Gasteiger partial charge in [0.25, 0.3) is 0 Å². The zero-order valence-electron chi connectivity index (χ0n) is 11.1. The van der Waals surface area contributed by atoms with E-state index in [0.717, 1.165) is 16.9 Å². The van der Waals surface area contributed by atoms with Crippen LogP contribution in [0.25, 0.3) is 5.69 Å². The molecule has 1 amide bonds. The molecule has 6 nitrogen and oxygen atoms in total. The number of hydrogen-bond acceptors (Lipinski definition) is 5. The van der Waals surface area contributed by atoms with Crippen LogP contribution in [0.15, 0.2) is 47.5 Å². The van der Waals surface area contributed by atoms with Crippen LogP contribution in [-0.2, 0) is 17.8 Å². The van der Waals surface area contributed by atoms with E-state index in [2.05, 4.69) is 20.6 Å². The summed E-state index contributed by atoms with van der Waals surface area (Å²) >= 11 is 1.60. The maximum absolute atomic E-state index is 11.8. The number of thiophene rings is 1. The van der Waals surface area contributed by atoms with Crippen molar-refractivity contribution in [2.75, 3.05) is 0 Å². The van der Waals surface area contributed by atoms with Gasteiger partial charge < -0.3 is 5.32 Å². The molecule has 3 heterocycles. The zero-order chi connectivity index (χ0) is 14.5. The largest absolute Gasteiger partial charge is 0.350 e. The number of carbonyl (C=O) groups excluding carboxylic acids is 1. The molecular weight excluding hydrogens is 286 g/mol. The molecule has 0 aliphatic heterocycles. The van der Waals surface area contributed by atoms with Crippen molar-refractivity contribution in [3.63, 3.8) is 0 Å². The normalized spacial score (nSPS) is 10.5. The highest BCUT2D eigenvalue weighted by atomic mass is 32.1. The van der Waals surface area contributed by atoms with Crippen LogP contribution in [0, 0.1) is 0 Å². The average Bonchev–Trinajstić information content (AvgIpc) is 3.17.